The van der Waals surface area contributed by atoms with E-state index in [1.54, 1.807) is 13.0 Å². The van der Waals surface area contributed by atoms with Gasteiger partial charge in [0.05, 0.1) is 0 Å². The van der Waals surface area contributed by atoms with E-state index in [4.69, 9.17) is 14.3 Å². The minimum atomic E-state index is -1.07. The summed E-state index contributed by atoms with van der Waals surface area (Å²) in [6.07, 6.45) is 0. The molecule has 0 bridgehead atoms. The second-order valence-corrected chi connectivity index (χ2v) is 4.71. The van der Waals surface area contributed by atoms with Crippen LogP contribution < -0.4 is 9.64 Å². The molecule has 0 saturated heterocycles. The van der Waals surface area contributed by atoms with Crippen LogP contribution in [0.5, 0.6) is 5.75 Å². The SMILES string of the molecule is Cc1cc(COc2cccc(N(C)C)c2)oc1C(=O)O. The van der Waals surface area contributed by atoms with Gasteiger partial charge in [-0.15, -0.1) is 0 Å². The van der Waals surface area contributed by atoms with Crippen molar-refractivity contribution in [1.29, 1.82) is 0 Å². The first-order valence-electron chi connectivity index (χ1n) is 6.20. The molecule has 0 fully saturated rings. The summed E-state index contributed by atoms with van der Waals surface area (Å²) in [6.45, 7) is 1.90. The first-order valence-corrected chi connectivity index (χ1v) is 6.20. The van der Waals surface area contributed by atoms with Crippen molar-refractivity contribution in [3.8, 4) is 5.75 Å². The Bertz CT molecular complexity index is 616. The van der Waals surface area contributed by atoms with E-state index in [2.05, 4.69) is 0 Å². The molecule has 0 atom stereocenters. The normalized spacial score (nSPS) is 10.3. The number of carbonyl (C=O) groups is 1. The Labute approximate surface area is 117 Å². The second-order valence-electron chi connectivity index (χ2n) is 4.71. The highest BCUT2D eigenvalue weighted by Crippen LogP contribution is 2.21. The third-order valence-electron chi connectivity index (χ3n) is 2.88. The molecule has 0 spiro atoms. The zero-order chi connectivity index (χ0) is 14.7. The molecule has 1 N–H and O–H groups in total. The van der Waals surface area contributed by atoms with Gasteiger partial charge in [-0.25, -0.2) is 4.79 Å². The molecule has 2 rings (SSSR count). The fourth-order valence-corrected chi connectivity index (χ4v) is 1.84. The van der Waals surface area contributed by atoms with Gasteiger partial charge in [-0.1, -0.05) is 6.07 Å². The van der Waals surface area contributed by atoms with E-state index in [1.165, 1.54) is 0 Å². The highest BCUT2D eigenvalue weighted by molar-refractivity contribution is 5.86. The van der Waals surface area contributed by atoms with Crippen LogP contribution in [-0.4, -0.2) is 25.2 Å². The molecule has 0 aliphatic heterocycles. The van der Waals surface area contributed by atoms with Gasteiger partial charge in [-0.3, -0.25) is 0 Å². The van der Waals surface area contributed by atoms with E-state index in [0.29, 0.717) is 17.1 Å². The lowest BCUT2D eigenvalue weighted by Crippen LogP contribution is -2.08. The number of carboxylic acid groups (broad SMARTS) is 1. The van der Waals surface area contributed by atoms with Gasteiger partial charge in [-0.2, -0.15) is 0 Å². The standard InChI is InChI=1S/C15H17NO4/c1-10-7-13(20-14(10)15(17)18)9-19-12-6-4-5-11(8-12)16(2)3/h4-8H,9H2,1-3H3,(H,17,18). The third-order valence-corrected chi connectivity index (χ3v) is 2.88. The predicted molar refractivity (Wildman–Crippen MR) is 75.5 cm³/mol. The van der Waals surface area contributed by atoms with Gasteiger partial charge < -0.3 is 19.2 Å². The first kappa shape index (κ1) is 14.0. The number of aryl methyl sites for hydroxylation is 1. The average molecular weight is 275 g/mol. The van der Waals surface area contributed by atoms with E-state index in [-0.39, 0.29) is 12.4 Å². The summed E-state index contributed by atoms with van der Waals surface area (Å²) >= 11 is 0. The molecule has 106 valence electrons. The van der Waals surface area contributed by atoms with Crippen LogP contribution in [-0.2, 0) is 6.61 Å². The van der Waals surface area contributed by atoms with Crippen molar-refractivity contribution in [2.24, 2.45) is 0 Å². The molecule has 20 heavy (non-hydrogen) atoms. The molecule has 0 radical (unpaired) electrons. The van der Waals surface area contributed by atoms with Crippen molar-refractivity contribution in [3.63, 3.8) is 0 Å². The minimum Gasteiger partial charge on any atom is -0.486 e. The molecule has 0 aliphatic carbocycles. The fraction of sp³-hybridized carbons (Fsp3) is 0.267. The van der Waals surface area contributed by atoms with E-state index in [1.807, 2.05) is 43.3 Å². The molecule has 0 amide bonds. The summed E-state index contributed by atoms with van der Waals surface area (Å²) in [4.78, 5) is 12.9. The Kier molecular flexibility index (Phi) is 3.98. The van der Waals surface area contributed by atoms with Gasteiger partial charge in [-0.05, 0) is 25.1 Å². The summed E-state index contributed by atoms with van der Waals surface area (Å²) in [5.74, 6) is 0.103. The Balaban J connectivity index is 2.07. The fourth-order valence-electron chi connectivity index (χ4n) is 1.84. The van der Waals surface area contributed by atoms with Crippen molar-refractivity contribution in [1.82, 2.24) is 0 Å². The van der Waals surface area contributed by atoms with Gasteiger partial charge in [0.1, 0.15) is 18.1 Å². The maximum Gasteiger partial charge on any atom is 0.372 e. The zero-order valence-electron chi connectivity index (χ0n) is 11.7. The first-order chi connectivity index (χ1) is 9.47. The summed E-state index contributed by atoms with van der Waals surface area (Å²) in [7, 11) is 3.91. The van der Waals surface area contributed by atoms with Gasteiger partial charge >= 0.3 is 5.97 Å². The van der Waals surface area contributed by atoms with Crippen molar-refractivity contribution in [2.75, 3.05) is 19.0 Å². The maximum absolute atomic E-state index is 10.9. The number of benzene rings is 1. The van der Waals surface area contributed by atoms with E-state index in [9.17, 15) is 4.79 Å². The number of anilines is 1. The topological polar surface area (TPSA) is 62.9 Å². The lowest BCUT2D eigenvalue weighted by molar-refractivity contribution is 0.0657. The molecule has 2 aromatic rings. The number of hydrogen-bond donors (Lipinski definition) is 1. The number of furan rings is 1. The molecule has 0 saturated carbocycles. The summed E-state index contributed by atoms with van der Waals surface area (Å²) in [5, 5.41) is 8.92. The van der Waals surface area contributed by atoms with Crippen LogP contribution in [0.2, 0.25) is 0 Å². The molecule has 0 aliphatic rings. The van der Waals surface area contributed by atoms with Crippen LogP contribution in [0.1, 0.15) is 21.9 Å². The highest BCUT2D eigenvalue weighted by Gasteiger charge is 2.14. The van der Waals surface area contributed by atoms with Crippen LogP contribution >= 0.6 is 0 Å². The minimum absolute atomic E-state index is 0.0364. The summed E-state index contributed by atoms with van der Waals surface area (Å²) < 4.78 is 10.9. The Morgan fingerprint density at radius 2 is 2.10 bits per heavy atom. The number of hydrogen-bond acceptors (Lipinski definition) is 4. The molecule has 5 heteroatoms. The lowest BCUT2D eigenvalue weighted by atomic mass is 10.2. The average Bonchev–Trinajstić information content (AvgIpc) is 2.78. The second kappa shape index (κ2) is 5.69. The molecule has 1 aromatic heterocycles. The number of nitrogens with zero attached hydrogens (tertiary/aromatic N) is 1. The van der Waals surface area contributed by atoms with Gasteiger partial charge in [0, 0.05) is 31.4 Å². The van der Waals surface area contributed by atoms with Crippen molar-refractivity contribution in [2.45, 2.75) is 13.5 Å². The molecule has 1 aromatic carbocycles. The molecule has 1 heterocycles. The molecule has 5 nitrogen and oxygen atoms in total. The van der Waals surface area contributed by atoms with Crippen molar-refractivity contribution >= 4 is 11.7 Å². The molecular weight excluding hydrogens is 258 g/mol. The quantitative estimate of drug-likeness (QED) is 0.909. The van der Waals surface area contributed by atoms with Gasteiger partial charge in [0.25, 0.3) is 0 Å². The van der Waals surface area contributed by atoms with Crippen LogP contribution in [0.4, 0.5) is 5.69 Å². The number of aromatic carboxylic acids is 1. The number of carboxylic acids is 1. The summed E-state index contributed by atoms with van der Waals surface area (Å²) in [6, 6.07) is 9.32. The summed E-state index contributed by atoms with van der Waals surface area (Å²) in [5.41, 5.74) is 1.63. The van der Waals surface area contributed by atoms with E-state index >= 15 is 0 Å². The Morgan fingerprint density at radius 1 is 1.35 bits per heavy atom. The van der Waals surface area contributed by atoms with Crippen LogP contribution in [0.15, 0.2) is 34.7 Å². The Hall–Kier alpha value is -2.43. The maximum atomic E-state index is 10.9. The highest BCUT2D eigenvalue weighted by atomic mass is 16.5. The monoisotopic (exact) mass is 275 g/mol. The molecular formula is C15H17NO4. The van der Waals surface area contributed by atoms with Crippen LogP contribution in [0.3, 0.4) is 0 Å². The Morgan fingerprint density at radius 3 is 2.70 bits per heavy atom. The van der Waals surface area contributed by atoms with Crippen LogP contribution in [0, 0.1) is 6.92 Å². The van der Waals surface area contributed by atoms with E-state index < -0.39 is 5.97 Å². The lowest BCUT2D eigenvalue weighted by Gasteiger charge is -2.13. The zero-order valence-corrected chi connectivity index (χ0v) is 11.7. The van der Waals surface area contributed by atoms with Gasteiger partial charge in [0.15, 0.2) is 0 Å². The third kappa shape index (κ3) is 3.12. The smallest absolute Gasteiger partial charge is 0.372 e. The van der Waals surface area contributed by atoms with Gasteiger partial charge in [0.2, 0.25) is 5.76 Å². The number of rotatable bonds is 5. The predicted octanol–water partition coefficient (Wildman–Crippen LogP) is 2.93. The number of ether oxygens (including phenoxy) is 1. The van der Waals surface area contributed by atoms with E-state index in [0.717, 1.165) is 5.69 Å². The largest absolute Gasteiger partial charge is 0.486 e. The van der Waals surface area contributed by atoms with Crippen LogP contribution in [0.25, 0.3) is 0 Å². The molecule has 0 unspecified atom stereocenters. The van der Waals surface area contributed by atoms with Crippen molar-refractivity contribution < 1.29 is 19.1 Å². The van der Waals surface area contributed by atoms with Crippen molar-refractivity contribution in [3.05, 3.63) is 47.4 Å².